The molecular weight excluding hydrogens is 368 g/mol. The van der Waals surface area contributed by atoms with Gasteiger partial charge < -0.3 is 14.0 Å². The normalized spacial score (nSPS) is 11.5. The lowest BCUT2D eigenvalue weighted by Gasteiger charge is -2.31. The molecule has 1 N–H and O–H groups in total. The van der Waals surface area contributed by atoms with Gasteiger partial charge in [-0.15, -0.1) is 6.58 Å². The lowest BCUT2D eigenvalue weighted by molar-refractivity contribution is 0.373. The second-order valence-corrected chi connectivity index (χ2v) is 15.1. The van der Waals surface area contributed by atoms with Crippen molar-refractivity contribution in [2.45, 2.75) is 84.0 Å². The van der Waals surface area contributed by atoms with Crippen molar-refractivity contribution >= 4 is 18.1 Å². The molecule has 0 atom stereocenters. The molecule has 0 saturated carbocycles. The van der Waals surface area contributed by atoms with Crippen molar-refractivity contribution in [3.8, 4) is 11.5 Å². The third-order valence-corrected chi connectivity index (χ3v) is 10.6. The SMILES string of the molecule is C=CCc1ccc(O)c(OC)c1.CC(C)[Si](O[Si](C(C)C)C(C)C)C(C)C. The molecule has 5 heteroatoms. The van der Waals surface area contributed by atoms with E-state index in [2.05, 4.69) is 62.0 Å². The summed E-state index contributed by atoms with van der Waals surface area (Å²) in [6.07, 6.45) is 2.60. The van der Waals surface area contributed by atoms with Crippen LogP contribution in [0.25, 0.3) is 0 Å². The maximum atomic E-state index is 9.25. The fourth-order valence-electron chi connectivity index (χ4n) is 2.96. The molecular formula is C22H40O3Si2. The number of allylic oxidation sites excluding steroid dienone is 1. The second kappa shape index (κ2) is 13.2. The van der Waals surface area contributed by atoms with Crippen LogP contribution in [0.3, 0.4) is 0 Å². The van der Waals surface area contributed by atoms with Gasteiger partial charge in [0, 0.05) is 0 Å². The smallest absolute Gasteiger partial charge is 0.203 e. The predicted molar refractivity (Wildman–Crippen MR) is 122 cm³/mol. The average Bonchev–Trinajstić information content (AvgIpc) is 2.56. The first-order chi connectivity index (χ1) is 12.5. The average molecular weight is 409 g/mol. The molecule has 0 fully saturated rings. The molecule has 154 valence electrons. The molecule has 0 spiro atoms. The van der Waals surface area contributed by atoms with E-state index in [0.717, 1.165) is 34.1 Å². The molecule has 0 heterocycles. The summed E-state index contributed by atoms with van der Waals surface area (Å²) in [5.74, 6) is 0.680. The van der Waals surface area contributed by atoms with E-state index in [4.69, 9.17) is 8.85 Å². The highest BCUT2D eigenvalue weighted by molar-refractivity contribution is 6.69. The van der Waals surface area contributed by atoms with Gasteiger partial charge in [-0.05, 0) is 46.3 Å². The Labute approximate surface area is 171 Å². The first-order valence-electron chi connectivity index (χ1n) is 9.93. The Morgan fingerprint density at radius 3 is 1.70 bits per heavy atom. The topological polar surface area (TPSA) is 38.7 Å². The lowest BCUT2D eigenvalue weighted by Crippen LogP contribution is -2.37. The fourth-order valence-corrected chi connectivity index (χ4v) is 10.5. The number of methoxy groups -OCH3 is 1. The zero-order valence-electron chi connectivity index (χ0n) is 18.8. The van der Waals surface area contributed by atoms with Gasteiger partial charge in [-0.1, -0.05) is 67.5 Å². The van der Waals surface area contributed by atoms with E-state index in [0.29, 0.717) is 5.75 Å². The molecule has 3 nitrogen and oxygen atoms in total. The van der Waals surface area contributed by atoms with Crippen molar-refractivity contribution in [1.82, 2.24) is 0 Å². The minimum atomic E-state index is -0.621. The molecule has 27 heavy (non-hydrogen) atoms. The molecule has 0 amide bonds. The molecule has 0 aliphatic heterocycles. The number of aromatic hydroxyl groups is 1. The van der Waals surface area contributed by atoms with Gasteiger partial charge in [0.15, 0.2) is 11.5 Å². The quantitative estimate of drug-likeness (QED) is 0.362. The third-order valence-electron chi connectivity index (χ3n) is 4.14. The first kappa shape index (κ1) is 26.0. The molecule has 1 aromatic rings. The van der Waals surface area contributed by atoms with E-state index in [1.54, 1.807) is 12.1 Å². The largest absolute Gasteiger partial charge is 0.504 e. The number of hydrogen-bond acceptors (Lipinski definition) is 3. The number of ether oxygens (including phenoxy) is 1. The van der Waals surface area contributed by atoms with Crippen molar-refractivity contribution < 1.29 is 14.0 Å². The summed E-state index contributed by atoms with van der Waals surface area (Å²) in [5.41, 5.74) is 4.00. The van der Waals surface area contributed by atoms with Crippen LogP contribution in [0.15, 0.2) is 30.9 Å². The summed E-state index contributed by atoms with van der Waals surface area (Å²) in [5, 5.41) is 9.25. The maximum absolute atomic E-state index is 9.25. The van der Waals surface area contributed by atoms with E-state index in [1.807, 2.05) is 12.1 Å². The van der Waals surface area contributed by atoms with Crippen molar-refractivity contribution in [1.29, 1.82) is 0 Å². The van der Waals surface area contributed by atoms with E-state index in [9.17, 15) is 5.11 Å². The zero-order valence-corrected chi connectivity index (χ0v) is 20.8. The molecule has 1 aromatic carbocycles. The Kier molecular flexibility index (Phi) is 12.7. The minimum absolute atomic E-state index is 0.172. The van der Waals surface area contributed by atoms with Crippen LogP contribution in [0.4, 0.5) is 0 Å². The Morgan fingerprint density at radius 2 is 1.37 bits per heavy atom. The molecule has 2 radical (unpaired) electrons. The van der Waals surface area contributed by atoms with Crippen LogP contribution in [0.5, 0.6) is 11.5 Å². The van der Waals surface area contributed by atoms with E-state index in [1.165, 1.54) is 7.11 Å². The number of hydrogen-bond donors (Lipinski definition) is 1. The number of rotatable bonds is 9. The number of phenolic OH excluding ortho intramolecular Hbond substituents is 1. The Hall–Kier alpha value is -1.05. The van der Waals surface area contributed by atoms with Crippen LogP contribution in [0.2, 0.25) is 22.2 Å². The van der Waals surface area contributed by atoms with Crippen LogP contribution >= 0.6 is 0 Å². The van der Waals surface area contributed by atoms with Crippen LogP contribution in [0, 0.1) is 0 Å². The summed E-state index contributed by atoms with van der Waals surface area (Å²) >= 11 is 0. The van der Waals surface area contributed by atoms with Crippen LogP contribution in [0.1, 0.15) is 61.0 Å². The Balaban J connectivity index is 0.000000511. The van der Waals surface area contributed by atoms with Gasteiger partial charge in [-0.2, -0.15) is 0 Å². The van der Waals surface area contributed by atoms with Crippen molar-refractivity contribution in [3.63, 3.8) is 0 Å². The summed E-state index contributed by atoms with van der Waals surface area (Å²) in [7, 11) is 0.292. The second-order valence-electron chi connectivity index (χ2n) is 8.02. The van der Waals surface area contributed by atoms with Crippen molar-refractivity contribution in [3.05, 3.63) is 36.4 Å². The zero-order chi connectivity index (χ0) is 21.1. The summed E-state index contributed by atoms with van der Waals surface area (Å²) in [4.78, 5) is 0. The first-order valence-corrected chi connectivity index (χ1v) is 13.1. The summed E-state index contributed by atoms with van der Waals surface area (Å²) in [6, 6.07) is 5.27. The van der Waals surface area contributed by atoms with E-state index >= 15 is 0 Å². The highest BCUT2D eigenvalue weighted by atomic mass is 28.4. The van der Waals surface area contributed by atoms with Gasteiger partial charge in [-0.3, -0.25) is 0 Å². The Bertz CT molecular complexity index is 508. The maximum Gasteiger partial charge on any atom is 0.203 e. The standard InChI is InChI=1S/C12H28OSi2.C10H12O2/c1-9(2)14(10(3)4)13-15(11(5)6)12(7)8;1-3-4-8-5-6-9(11)10(7-8)12-2/h9-12H,1-8H3;3,5-7,11H,1,4H2,2H3. The fraction of sp³-hybridized carbons (Fsp3) is 0.636. The van der Waals surface area contributed by atoms with Gasteiger partial charge in [-0.25, -0.2) is 0 Å². The molecule has 0 aliphatic carbocycles. The van der Waals surface area contributed by atoms with Gasteiger partial charge >= 0.3 is 0 Å². The van der Waals surface area contributed by atoms with Gasteiger partial charge in [0.05, 0.1) is 7.11 Å². The molecule has 1 rings (SSSR count). The monoisotopic (exact) mass is 408 g/mol. The predicted octanol–water partition coefficient (Wildman–Crippen LogP) is 6.76. The van der Waals surface area contributed by atoms with Gasteiger partial charge in [0.1, 0.15) is 0 Å². The molecule has 0 unspecified atom stereocenters. The van der Waals surface area contributed by atoms with Gasteiger partial charge in [0.25, 0.3) is 0 Å². The third kappa shape index (κ3) is 9.63. The van der Waals surface area contributed by atoms with E-state index in [-0.39, 0.29) is 5.75 Å². The number of benzene rings is 1. The van der Waals surface area contributed by atoms with Crippen LogP contribution < -0.4 is 4.74 Å². The molecule has 0 aliphatic rings. The highest BCUT2D eigenvalue weighted by Gasteiger charge is 2.30. The highest BCUT2D eigenvalue weighted by Crippen LogP contribution is 2.28. The van der Waals surface area contributed by atoms with Gasteiger partial charge in [0.2, 0.25) is 18.1 Å². The van der Waals surface area contributed by atoms with E-state index < -0.39 is 18.1 Å². The molecule has 0 saturated heterocycles. The van der Waals surface area contributed by atoms with Crippen LogP contribution in [-0.2, 0) is 10.5 Å². The van der Waals surface area contributed by atoms with Crippen LogP contribution in [-0.4, -0.2) is 30.3 Å². The Morgan fingerprint density at radius 1 is 0.926 bits per heavy atom. The molecule has 0 bridgehead atoms. The summed E-state index contributed by atoms with van der Waals surface area (Å²) in [6.45, 7) is 22.1. The lowest BCUT2D eigenvalue weighted by atomic mass is 10.1. The van der Waals surface area contributed by atoms with Crippen molar-refractivity contribution in [2.75, 3.05) is 7.11 Å². The minimum Gasteiger partial charge on any atom is -0.504 e. The molecule has 0 aromatic heterocycles. The van der Waals surface area contributed by atoms with Crippen molar-refractivity contribution in [2.24, 2.45) is 0 Å². The summed E-state index contributed by atoms with van der Waals surface area (Å²) < 4.78 is 11.4. The number of phenols is 1.